The molecule has 0 aliphatic heterocycles. The van der Waals surface area contributed by atoms with E-state index in [-0.39, 0.29) is 11.5 Å². The number of carbonyl (C=O) groups excluding carboxylic acids is 1. The number of hydrogen-bond donors (Lipinski definition) is 2. The summed E-state index contributed by atoms with van der Waals surface area (Å²) in [4.78, 5) is 28.4. The Labute approximate surface area is 173 Å². The van der Waals surface area contributed by atoms with E-state index >= 15 is 0 Å². The van der Waals surface area contributed by atoms with E-state index in [1.807, 2.05) is 6.92 Å². The van der Waals surface area contributed by atoms with Gasteiger partial charge in [0.2, 0.25) is 0 Å². The molecule has 1 heterocycles. The molecule has 29 heavy (non-hydrogen) atoms. The fraction of sp³-hybridized carbons (Fsp3) is 0.286. The predicted molar refractivity (Wildman–Crippen MR) is 115 cm³/mol. The van der Waals surface area contributed by atoms with Crippen molar-refractivity contribution < 1.29 is 14.3 Å². The number of hydrogen-bond acceptors (Lipinski definition) is 5. The Morgan fingerprint density at radius 3 is 2.66 bits per heavy atom. The van der Waals surface area contributed by atoms with Gasteiger partial charge in [-0.25, -0.2) is 0 Å². The highest BCUT2D eigenvalue weighted by molar-refractivity contribution is 7.71. The predicted octanol–water partition coefficient (Wildman–Crippen LogP) is 3.75. The number of benzene rings is 2. The van der Waals surface area contributed by atoms with Crippen LogP contribution < -0.4 is 15.6 Å². The molecule has 0 fully saturated rings. The summed E-state index contributed by atoms with van der Waals surface area (Å²) in [5.41, 5.74) is 1.43. The number of methoxy groups -OCH3 is 1. The quantitative estimate of drug-likeness (QED) is 0.434. The third-order valence-electron chi connectivity index (χ3n) is 4.40. The van der Waals surface area contributed by atoms with Crippen LogP contribution in [0.15, 0.2) is 47.3 Å². The molecule has 0 spiro atoms. The largest absolute Gasteiger partial charge is 0.494 e. The maximum Gasteiger partial charge on any atom is 0.262 e. The number of aromatic nitrogens is 2. The van der Waals surface area contributed by atoms with Crippen LogP contribution in [0.2, 0.25) is 0 Å². The van der Waals surface area contributed by atoms with Crippen LogP contribution in [-0.4, -0.2) is 35.8 Å². The molecule has 8 heteroatoms. The highest BCUT2D eigenvalue weighted by atomic mass is 32.1. The van der Waals surface area contributed by atoms with Crippen LogP contribution in [0.25, 0.3) is 10.9 Å². The van der Waals surface area contributed by atoms with Gasteiger partial charge in [-0.3, -0.25) is 14.2 Å². The van der Waals surface area contributed by atoms with Gasteiger partial charge in [0, 0.05) is 31.5 Å². The first-order valence-electron chi connectivity index (χ1n) is 9.33. The fourth-order valence-corrected chi connectivity index (χ4v) is 3.25. The van der Waals surface area contributed by atoms with E-state index in [4.69, 9.17) is 21.7 Å². The van der Waals surface area contributed by atoms with Crippen LogP contribution >= 0.6 is 12.2 Å². The third kappa shape index (κ3) is 4.90. The highest BCUT2D eigenvalue weighted by Gasteiger charge is 2.11. The molecule has 3 rings (SSSR count). The average Bonchev–Trinajstić information content (AvgIpc) is 2.71. The summed E-state index contributed by atoms with van der Waals surface area (Å²) in [6, 6.07) is 12.0. The zero-order valence-corrected chi connectivity index (χ0v) is 17.2. The zero-order chi connectivity index (χ0) is 20.8. The Morgan fingerprint density at radius 2 is 1.97 bits per heavy atom. The number of aromatic amines is 1. The van der Waals surface area contributed by atoms with Crippen molar-refractivity contribution in [2.24, 2.45) is 0 Å². The van der Waals surface area contributed by atoms with Crippen molar-refractivity contribution in [1.82, 2.24) is 9.55 Å². The summed E-state index contributed by atoms with van der Waals surface area (Å²) in [7, 11) is 1.61. The Hall–Kier alpha value is -2.97. The number of ether oxygens (including phenoxy) is 2. The third-order valence-corrected chi connectivity index (χ3v) is 4.72. The summed E-state index contributed by atoms with van der Waals surface area (Å²) in [5.74, 6) is 0.463. The maximum absolute atomic E-state index is 12.7. The fourth-order valence-electron chi connectivity index (χ4n) is 2.97. The number of fused-ring (bicyclic) bond motifs is 1. The first kappa shape index (κ1) is 20.8. The minimum absolute atomic E-state index is 0.182. The van der Waals surface area contributed by atoms with Gasteiger partial charge in [0.1, 0.15) is 5.75 Å². The minimum Gasteiger partial charge on any atom is -0.494 e. The van der Waals surface area contributed by atoms with Crippen LogP contribution in [0, 0.1) is 4.77 Å². The van der Waals surface area contributed by atoms with Crippen molar-refractivity contribution in [3.63, 3.8) is 0 Å². The molecule has 0 saturated carbocycles. The Balaban J connectivity index is 1.83. The smallest absolute Gasteiger partial charge is 0.262 e. The summed E-state index contributed by atoms with van der Waals surface area (Å²) in [5, 5.41) is 3.32. The summed E-state index contributed by atoms with van der Waals surface area (Å²) >= 11 is 5.32. The number of rotatable bonds is 8. The van der Waals surface area contributed by atoms with Crippen molar-refractivity contribution in [3.8, 4) is 5.75 Å². The molecule has 152 valence electrons. The second-order valence-corrected chi connectivity index (χ2v) is 6.79. The second-order valence-electron chi connectivity index (χ2n) is 6.41. The molecule has 0 unspecified atom stereocenters. The number of nitrogens with zero attached hydrogens (tertiary/aromatic N) is 1. The molecule has 1 amide bonds. The topological polar surface area (TPSA) is 85.3 Å². The van der Waals surface area contributed by atoms with Crippen LogP contribution in [-0.2, 0) is 11.3 Å². The minimum atomic E-state index is -0.278. The van der Waals surface area contributed by atoms with Gasteiger partial charge in [0.15, 0.2) is 4.77 Å². The van der Waals surface area contributed by atoms with Crippen molar-refractivity contribution in [2.75, 3.05) is 25.6 Å². The molecule has 2 aromatic carbocycles. The lowest BCUT2D eigenvalue weighted by molar-refractivity contribution is 0.102. The zero-order valence-electron chi connectivity index (χ0n) is 16.4. The monoisotopic (exact) mass is 413 g/mol. The van der Waals surface area contributed by atoms with Crippen molar-refractivity contribution in [1.29, 1.82) is 0 Å². The van der Waals surface area contributed by atoms with Crippen LogP contribution in [0.1, 0.15) is 23.7 Å². The average molecular weight is 413 g/mol. The lowest BCUT2D eigenvalue weighted by atomic mass is 10.1. The van der Waals surface area contributed by atoms with Gasteiger partial charge in [-0.05, 0) is 68.0 Å². The van der Waals surface area contributed by atoms with Crippen molar-refractivity contribution in [3.05, 3.63) is 63.2 Å². The first-order valence-corrected chi connectivity index (χ1v) is 9.74. The molecule has 0 atom stereocenters. The van der Waals surface area contributed by atoms with E-state index in [9.17, 15) is 9.59 Å². The molecule has 0 aliphatic carbocycles. The maximum atomic E-state index is 12.7. The van der Waals surface area contributed by atoms with Crippen LogP contribution in [0.4, 0.5) is 5.69 Å². The van der Waals surface area contributed by atoms with Gasteiger partial charge >= 0.3 is 0 Å². The van der Waals surface area contributed by atoms with Gasteiger partial charge < -0.3 is 19.8 Å². The molecule has 0 bridgehead atoms. The van der Waals surface area contributed by atoms with E-state index < -0.39 is 0 Å². The number of carbonyl (C=O) groups is 1. The van der Waals surface area contributed by atoms with Crippen LogP contribution in [0.5, 0.6) is 5.75 Å². The highest BCUT2D eigenvalue weighted by Crippen LogP contribution is 2.17. The Bertz CT molecular complexity index is 1120. The molecule has 3 aromatic rings. The molecule has 2 N–H and O–H groups in total. The van der Waals surface area contributed by atoms with E-state index in [0.29, 0.717) is 53.1 Å². The van der Waals surface area contributed by atoms with Gasteiger partial charge in [-0.2, -0.15) is 0 Å². The molecule has 0 aliphatic rings. The number of nitrogens with one attached hydrogen (secondary N) is 2. The molecular weight excluding hydrogens is 390 g/mol. The summed E-state index contributed by atoms with van der Waals surface area (Å²) < 4.78 is 12.3. The van der Waals surface area contributed by atoms with Gasteiger partial charge in [-0.1, -0.05) is 0 Å². The molecule has 0 saturated heterocycles. The van der Waals surface area contributed by atoms with Crippen molar-refractivity contribution >= 4 is 34.7 Å². The normalized spacial score (nSPS) is 10.8. The van der Waals surface area contributed by atoms with Crippen LogP contribution in [0.3, 0.4) is 0 Å². The number of amides is 1. The second kappa shape index (κ2) is 9.49. The Kier molecular flexibility index (Phi) is 6.79. The van der Waals surface area contributed by atoms with E-state index in [0.717, 1.165) is 5.75 Å². The van der Waals surface area contributed by atoms with Crippen molar-refractivity contribution in [2.45, 2.75) is 19.9 Å². The lowest BCUT2D eigenvalue weighted by Crippen LogP contribution is -2.23. The van der Waals surface area contributed by atoms with Gasteiger partial charge in [0.05, 0.1) is 17.5 Å². The van der Waals surface area contributed by atoms with Gasteiger partial charge in [0.25, 0.3) is 11.5 Å². The standard InChI is InChI=1S/C21H23N3O4S/c1-3-28-16-8-6-15(7-9-16)22-19(25)14-5-10-17-18(13-14)23-21(29)24(20(17)26)11-4-12-27-2/h5-10,13H,3-4,11-12H2,1-2H3,(H,22,25)(H,23,29). The number of anilines is 1. The molecule has 7 nitrogen and oxygen atoms in total. The molecule has 0 radical (unpaired) electrons. The van der Waals surface area contributed by atoms with E-state index in [2.05, 4.69) is 10.3 Å². The SMILES string of the molecule is CCOc1ccc(NC(=O)c2ccc3c(=O)n(CCCOC)c(=S)[nH]c3c2)cc1. The lowest BCUT2D eigenvalue weighted by Gasteiger charge is -2.10. The van der Waals surface area contributed by atoms with E-state index in [1.54, 1.807) is 49.6 Å². The van der Waals surface area contributed by atoms with E-state index in [1.165, 1.54) is 4.57 Å². The molecule has 1 aromatic heterocycles. The molecular formula is C21H23N3O4S. The Morgan fingerprint density at radius 1 is 1.21 bits per heavy atom. The van der Waals surface area contributed by atoms with Gasteiger partial charge in [-0.15, -0.1) is 0 Å². The summed E-state index contributed by atoms with van der Waals surface area (Å²) in [6.45, 7) is 3.51. The first-order chi connectivity index (χ1) is 14.0. The summed E-state index contributed by atoms with van der Waals surface area (Å²) in [6.07, 6.45) is 0.683. The number of H-pyrrole nitrogens is 1.